The number of benzene rings is 2. The fraction of sp³-hybridized carbons (Fsp3) is 0.250. The Labute approximate surface area is 145 Å². The van der Waals surface area contributed by atoms with E-state index in [0.717, 1.165) is 27.8 Å². The third-order valence-corrected chi connectivity index (χ3v) is 5.39. The molecular formula is C16H16Cl3NS. The van der Waals surface area contributed by atoms with Gasteiger partial charge in [-0.1, -0.05) is 59.9 Å². The average molecular weight is 361 g/mol. The largest absolute Gasteiger partial charge is 0.309 e. The molecule has 0 aliphatic carbocycles. The van der Waals surface area contributed by atoms with E-state index in [4.69, 9.17) is 34.8 Å². The summed E-state index contributed by atoms with van der Waals surface area (Å²) in [6.07, 6.45) is 0. The first-order chi connectivity index (χ1) is 10.1. The van der Waals surface area contributed by atoms with Crippen molar-refractivity contribution in [2.24, 2.45) is 0 Å². The number of halogens is 3. The highest BCUT2D eigenvalue weighted by atomic mass is 35.5. The highest BCUT2D eigenvalue weighted by Crippen LogP contribution is 2.32. The third-order valence-electron chi connectivity index (χ3n) is 3.04. The smallest absolute Gasteiger partial charge is 0.0595 e. The molecule has 0 fully saturated rings. The van der Waals surface area contributed by atoms with Gasteiger partial charge in [0.1, 0.15) is 0 Å². The van der Waals surface area contributed by atoms with Gasteiger partial charge in [0.05, 0.1) is 15.1 Å². The molecule has 5 heteroatoms. The van der Waals surface area contributed by atoms with E-state index >= 15 is 0 Å². The molecule has 1 N–H and O–H groups in total. The minimum Gasteiger partial charge on any atom is -0.309 e. The predicted octanol–water partition coefficient (Wildman–Crippen LogP) is 6.09. The molecule has 2 aromatic carbocycles. The van der Waals surface area contributed by atoms with Crippen LogP contribution in [0.4, 0.5) is 0 Å². The minimum absolute atomic E-state index is 0.200. The van der Waals surface area contributed by atoms with Crippen molar-refractivity contribution >= 4 is 46.6 Å². The highest BCUT2D eigenvalue weighted by molar-refractivity contribution is 7.99. The number of hydrogen-bond acceptors (Lipinski definition) is 2. The zero-order valence-corrected chi connectivity index (χ0v) is 14.7. The maximum atomic E-state index is 6.20. The minimum atomic E-state index is 0.200. The molecule has 0 bridgehead atoms. The van der Waals surface area contributed by atoms with E-state index in [1.165, 1.54) is 0 Å². The van der Waals surface area contributed by atoms with Crippen LogP contribution in [0.1, 0.15) is 18.5 Å². The lowest BCUT2D eigenvalue weighted by Crippen LogP contribution is -2.22. The van der Waals surface area contributed by atoms with Crippen molar-refractivity contribution in [2.45, 2.75) is 17.9 Å². The van der Waals surface area contributed by atoms with Crippen LogP contribution in [0.2, 0.25) is 15.1 Å². The molecule has 0 aromatic heterocycles. The Bertz CT molecular complexity index is 604. The first kappa shape index (κ1) is 17.0. The van der Waals surface area contributed by atoms with Crippen molar-refractivity contribution in [3.05, 3.63) is 63.1 Å². The molecule has 2 rings (SSSR count). The summed E-state index contributed by atoms with van der Waals surface area (Å²) in [6.45, 7) is 2.97. The Morgan fingerprint density at radius 2 is 1.76 bits per heavy atom. The van der Waals surface area contributed by atoms with Crippen LogP contribution in [-0.4, -0.2) is 12.3 Å². The van der Waals surface area contributed by atoms with Gasteiger partial charge in [-0.15, -0.1) is 11.8 Å². The SMILES string of the molecule is CCNC(CSc1ccccc1Cl)c1ccc(Cl)c(Cl)c1. The molecule has 1 unspecified atom stereocenters. The standard InChI is InChI=1S/C16H16Cl3NS/c1-2-20-15(11-7-8-12(17)14(19)9-11)10-21-16-6-4-3-5-13(16)18/h3-9,15,20H,2,10H2,1H3. The molecule has 21 heavy (non-hydrogen) atoms. The van der Waals surface area contributed by atoms with Crippen LogP contribution in [-0.2, 0) is 0 Å². The molecular weight excluding hydrogens is 345 g/mol. The van der Waals surface area contributed by atoms with Crippen LogP contribution in [0.15, 0.2) is 47.4 Å². The van der Waals surface area contributed by atoms with E-state index < -0.39 is 0 Å². The summed E-state index contributed by atoms with van der Waals surface area (Å²) >= 11 is 20.0. The molecule has 0 aliphatic heterocycles. The van der Waals surface area contributed by atoms with E-state index in [2.05, 4.69) is 12.2 Å². The van der Waals surface area contributed by atoms with Crippen LogP contribution in [0.5, 0.6) is 0 Å². The van der Waals surface area contributed by atoms with Crippen molar-refractivity contribution < 1.29 is 0 Å². The lowest BCUT2D eigenvalue weighted by molar-refractivity contribution is 0.606. The lowest BCUT2D eigenvalue weighted by Gasteiger charge is -2.19. The van der Waals surface area contributed by atoms with Gasteiger partial charge in [-0.25, -0.2) is 0 Å². The van der Waals surface area contributed by atoms with Crippen molar-refractivity contribution in [1.82, 2.24) is 5.32 Å². The molecule has 0 saturated heterocycles. The lowest BCUT2D eigenvalue weighted by atomic mass is 10.1. The molecule has 1 nitrogen and oxygen atoms in total. The second kappa shape index (κ2) is 8.30. The zero-order chi connectivity index (χ0) is 15.2. The molecule has 0 saturated carbocycles. The maximum absolute atomic E-state index is 6.20. The summed E-state index contributed by atoms with van der Waals surface area (Å²) in [7, 11) is 0. The first-order valence-electron chi connectivity index (χ1n) is 6.67. The van der Waals surface area contributed by atoms with Gasteiger partial charge >= 0.3 is 0 Å². The number of hydrogen-bond donors (Lipinski definition) is 1. The Balaban J connectivity index is 2.12. The fourth-order valence-electron chi connectivity index (χ4n) is 1.98. The Kier molecular flexibility index (Phi) is 6.72. The summed E-state index contributed by atoms with van der Waals surface area (Å²) in [4.78, 5) is 1.09. The van der Waals surface area contributed by atoms with Gasteiger partial charge < -0.3 is 5.32 Å². The van der Waals surface area contributed by atoms with Crippen molar-refractivity contribution in [1.29, 1.82) is 0 Å². The van der Waals surface area contributed by atoms with Crippen LogP contribution in [0.25, 0.3) is 0 Å². The molecule has 1 atom stereocenters. The monoisotopic (exact) mass is 359 g/mol. The fourth-order valence-corrected chi connectivity index (χ4v) is 3.63. The molecule has 112 valence electrons. The summed E-state index contributed by atoms with van der Waals surface area (Å²) < 4.78 is 0. The first-order valence-corrected chi connectivity index (χ1v) is 8.79. The summed E-state index contributed by atoms with van der Waals surface area (Å²) in [6, 6.07) is 13.8. The van der Waals surface area contributed by atoms with E-state index in [0.29, 0.717) is 10.0 Å². The van der Waals surface area contributed by atoms with Crippen molar-refractivity contribution in [3.63, 3.8) is 0 Å². The van der Waals surface area contributed by atoms with Crippen LogP contribution in [0, 0.1) is 0 Å². The van der Waals surface area contributed by atoms with Crippen molar-refractivity contribution in [3.8, 4) is 0 Å². The Morgan fingerprint density at radius 1 is 1.00 bits per heavy atom. The number of thioether (sulfide) groups is 1. The highest BCUT2D eigenvalue weighted by Gasteiger charge is 2.13. The van der Waals surface area contributed by atoms with Gasteiger partial charge in [0.25, 0.3) is 0 Å². The Morgan fingerprint density at radius 3 is 2.43 bits per heavy atom. The molecule has 2 aromatic rings. The Hall–Kier alpha value is -0.380. The average Bonchev–Trinajstić information content (AvgIpc) is 2.48. The van der Waals surface area contributed by atoms with E-state index in [9.17, 15) is 0 Å². The summed E-state index contributed by atoms with van der Waals surface area (Å²) in [5.41, 5.74) is 1.13. The van der Waals surface area contributed by atoms with Gasteiger partial charge in [-0.2, -0.15) is 0 Å². The quantitative estimate of drug-likeness (QED) is 0.625. The van der Waals surface area contributed by atoms with Crippen LogP contribution >= 0.6 is 46.6 Å². The molecule has 0 spiro atoms. The third kappa shape index (κ3) is 4.80. The topological polar surface area (TPSA) is 12.0 Å². The second-order valence-electron chi connectivity index (χ2n) is 4.53. The molecule has 0 aliphatic rings. The normalized spacial score (nSPS) is 12.4. The van der Waals surface area contributed by atoms with Gasteiger partial charge in [-0.05, 0) is 36.4 Å². The van der Waals surface area contributed by atoms with E-state index in [1.807, 2.05) is 42.5 Å². The van der Waals surface area contributed by atoms with Crippen molar-refractivity contribution in [2.75, 3.05) is 12.3 Å². The van der Waals surface area contributed by atoms with Gasteiger partial charge in [-0.3, -0.25) is 0 Å². The summed E-state index contributed by atoms with van der Waals surface area (Å²) in [5, 5.41) is 5.42. The number of rotatable bonds is 6. The van der Waals surface area contributed by atoms with Gasteiger partial charge in [0, 0.05) is 16.7 Å². The molecule has 0 radical (unpaired) electrons. The second-order valence-corrected chi connectivity index (χ2v) is 6.81. The maximum Gasteiger partial charge on any atom is 0.0595 e. The predicted molar refractivity (Wildman–Crippen MR) is 95.1 cm³/mol. The summed E-state index contributed by atoms with van der Waals surface area (Å²) in [5.74, 6) is 0.871. The van der Waals surface area contributed by atoms with Crippen LogP contribution < -0.4 is 5.32 Å². The zero-order valence-electron chi connectivity index (χ0n) is 11.6. The van der Waals surface area contributed by atoms with Gasteiger partial charge in [0.2, 0.25) is 0 Å². The van der Waals surface area contributed by atoms with Crippen LogP contribution in [0.3, 0.4) is 0 Å². The van der Waals surface area contributed by atoms with Gasteiger partial charge in [0.15, 0.2) is 0 Å². The van der Waals surface area contributed by atoms with E-state index in [1.54, 1.807) is 11.8 Å². The molecule has 0 heterocycles. The van der Waals surface area contributed by atoms with E-state index in [-0.39, 0.29) is 6.04 Å². The molecule has 0 amide bonds. The number of nitrogens with one attached hydrogen (secondary N) is 1.